The van der Waals surface area contributed by atoms with E-state index in [1.807, 2.05) is 6.92 Å². The molecule has 1 aromatic rings. The molecule has 0 aliphatic carbocycles. The zero-order chi connectivity index (χ0) is 11.4. The standard InChI is InChI=1S/C10H12Cl2N2O/c1-7(11)6-14(2)10(15)8-3-4-13-5-9(8)12/h3-5,7H,6H2,1-2H3. The largest absolute Gasteiger partial charge is 0.340 e. The summed E-state index contributed by atoms with van der Waals surface area (Å²) < 4.78 is 0. The normalized spacial score (nSPS) is 12.3. The van der Waals surface area contributed by atoms with E-state index in [0.717, 1.165) is 0 Å². The van der Waals surface area contributed by atoms with E-state index in [4.69, 9.17) is 23.2 Å². The predicted molar refractivity (Wildman–Crippen MR) is 61.5 cm³/mol. The number of amides is 1. The number of halogens is 2. The van der Waals surface area contributed by atoms with Gasteiger partial charge in [0.25, 0.3) is 5.91 Å². The van der Waals surface area contributed by atoms with E-state index in [1.165, 1.54) is 12.4 Å². The van der Waals surface area contributed by atoms with E-state index in [9.17, 15) is 4.79 Å². The molecule has 0 N–H and O–H groups in total. The smallest absolute Gasteiger partial charge is 0.255 e. The van der Waals surface area contributed by atoms with Crippen molar-refractivity contribution < 1.29 is 4.79 Å². The van der Waals surface area contributed by atoms with Crippen molar-refractivity contribution >= 4 is 29.1 Å². The molecular weight excluding hydrogens is 235 g/mol. The summed E-state index contributed by atoms with van der Waals surface area (Å²) in [6.45, 7) is 2.32. The summed E-state index contributed by atoms with van der Waals surface area (Å²) in [6, 6.07) is 1.60. The second-order valence-corrected chi connectivity index (χ2v) is 4.47. The van der Waals surface area contributed by atoms with Crippen molar-refractivity contribution in [3.8, 4) is 0 Å². The molecule has 0 aliphatic heterocycles. The maximum Gasteiger partial charge on any atom is 0.255 e. The first-order valence-corrected chi connectivity index (χ1v) is 5.33. The Morgan fingerprint density at radius 1 is 1.67 bits per heavy atom. The van der Waals surface area contributed by atoms with E-state index in [2.05, 4.69) is 4.98 Å². The maximum absolute atomic E-state index is 11.9. The fourth-order valence-electron chi connectivity index (χ4n) is 1.21. The predicted octanol–water partition coefficient (Wildman–Crippen LogP) is 2.43. The number of alkyl halides is 1. The lowest BCUT2D eigenvalue weighted by Gasteiger charge is -2.18. The Bertz CT molecular complexity index is 355. The van der Waals surface area contributed by atoms with Gasteiger partial charge in [0.15, 0.2) is 0 Å². The number of carbonyl (C=O) groups is 1. The van der Waals surface area contributed by atoms with Gasteiger partial charge >= 0.3 is 0 Å². The van der Waals surface area contributed by atoms with Crippen LogP contribution in [-0.4, -0.2) is 34.8 Å². The Morgan fingerprint density at radius 3 is 2.87 bits per heavy atom. The van der Waals surface area contributed by atoms with Gasteiger partial charge < -0.3 is 4.90 Å². The minimum absolute atomic E-state index is 0.0837. The summed E-state index contributed by atoms with van der Waals surface area (Å²) in [5.74, 6) is -0.144. The Kier molecular flexibility index (Phi) is 4.36. The van der Waals surface area contributed by atoms with Crippen molar-refractivity contribution in [2.24, 2.45) is 0 Å². The molecule has 1 unspecified atom stereocenters. The van der Waals surface area contributed by atoms with Gasteiger partial charge in [-0.1, -0.05) is 11.6 Å². The zero-order valence-electron chi connectivity index (χ0n) is 8.58. The number of pyridine rings is 1. The van der Waals surface area contributed by atoms with Gasteiger partial charge in [0.1, 0.15) is 0 Å². The highest BCUT2D eigenvalue weighted by Crippen LogP contribution is 2.15. The molecule has 1 aromatic heterocycles. The second kappa shape index (κ2) is 5.33. The van der Waals surface area contributed by atoms with Crippen LogP contribution in [0.1, 0.15) is 17.3 Å². The molecule has 0 bridgehead atoms. The van der Waals surface area contributed by atoms with Crippen LogP contribution >= 0.6 is 23.2 Å². The topological polar surface area (TPSA) is 33.2 Å². The summed E-state index contributed by atoms with van der Waals surface area (Å²) in [7, 11) is 1.69. The summed E-state index contributed by atoms with van der Waals surface area (Å²) in [6.07, 6.45) is 2.99. The highest BCUT2D eigenvalue weighted by molar-refractivity contribution is 6.33. The third-order valence-corrected chi connectivity index (χ3v) is 2.31. The fourth-order valence-corrected chi connectivity index (χ4v) is 1.62. The van der Waals surface area contributed by atoms with Gasteiger partial charge in [-0.25, -0.2) is 0 Å². The molecule has 0 radical (unpaired) electrons. The van der Waals surface area contributed by atoms with E-state index < -0.39 is 0 Å². The van der Waals surface area contributed by atoms with Gasteiger partial charge in [-0.05, 0) is 13.0 Å². The number of nitrogens with zero attached hydrogens (tertiary/aromatic N) is 2. The summed E-state index contributed by atoms with van der Waals surface area (Å²) in [5.41, 5.74) is 0.450. The Balaban J connectivity index is 2.81. The molecule has 5 heteroatoms. The fraction of sp³-hybridized carbons (Fsp3) is 0.400. The Hall–Kier alpha value is -0.800. The monoisotopic (exact) mass is 246 g/mol. The lowest BCUT2D eigenvalue weighted by atomic mass is 10.2. The Labute approximate surface area is 99.0 Å². The maximum atomic E-state index is 11.9. The van der Waals surface area contributed by atoms with Crippen LogP contribution in [0.3, 0.4) is 0 Å². The molecule has 0 saturated carbocycles. The van der Waals surface area contributed by atoms with E-state index >= 15 is 0 Å². The van der Waals surface area contributed by atoms with Crippen molar-refractivity contribution in [2.75, 3.05) is 13.6 Å². The number of aromatic nitrogens is 1. The SMILES string of the molecule is CC(Cl)CN(C)C(=O)c1ccncc1Cl. The Morgan fingerprint density at radius 2 is 2.33 bits per heavy atom. The lowest BCUT2D eigenvalue weighted by Crippen LogP contribution is -2.31. The van der Waals surface area contributed by atoms with Gasteiger partial charge in [0.2, 0.25) is 0 Å². The first kappa shape index (κ1) is 12.3. The molecule has 15 heavy (non-hydrogen) atoms. The molecule has 1 rings (SSSR count). The quantitative estimate of drug-likeness (QED) is 0.768. The number of rotatable bonds is 3. The van der Waals surface area contributed by atoms with Crippen LogP contribution < -0.4 is 0 Å². The van der Waals surface area contributed by atoms with E-state index in [0.29, 0.717) is 17.1 Å². The van der Waals surface area contributed by atoms with Gasteiger partial charge in [0, 0.05) is 31.4 Å². The molecular formula is C10H12Cl2N2O. The summed E-state index contributed by atoms with van der Waals surface area (Å²) >= 11 is 11.7. The van der Waals surface area contributed by atoms with Gasteiger partial charge in [-0.2, -0.15) is 0 Å². The molecule has 1 atom stereocenters. The first-order chi connectivity index (χ1) is 7.02. The molecule has 0 aromatic carbocycles. The van der Waals surface area contributed by atoms with Crippen LogP contribution in [0.2, 0.25) is 5.02 Å². The molecule has 1 heterocycles. The van der Waals surface area contributed by atoms with Crippen molar-refractivity contribution in [3.63, 3.8) is 0 Å². The average Bonchev–Trinajstić information content (AvgIpc) is 2.16. The molecule has 0 spiro atoms. The third-order valence-electron chi connectivity index (χ3n) is 1.87. The van der Waals surface area contributed by atoms with Gasteiger partial charge in [-0.3, -0.25) is 9.78 Å². The number of hydrogen-bond donors (Lipinski definition) is 0. The van der Waals surface area contributed by atoms with Crippen LogP contribution in [0.4, 0.5) is 0 Å². The highest BCUT2D eigenvalue weighted by atomic mass is 35.5. The molecule has 0 saturated heterocycles. The molecule has 82 valence electrons. The first-order valence-electron chi connectivity index (χ1n) is 4.51. The third kappa shape index (κ3) is 3.36. The van der Waals surface area contributed by atoms with Crippen LogP contribution in [0, 0.1) is 0 Å². The average molecular weight is 247 g/mol. The molecule has 0 fully saturated rings. The van der Waals surface area contributed by atoms with Crippen LogP contribution in [0.5, 0.6) is 0 Å². The van der Waals surface area contributed by atoms with Crippen molar-refractivity contribution in [3.05, 3.63) is 29.0 Å². The zero-order valence-corrected chi connectivity index (χ0v) is 10.1. The van der Waals surface area contributed by atoms with Crippen LogP contribution in [0.15, 0.2) is 18.5 Å². The van der Waals surface area contributed by atoms with E-state index in [1.54, 1.807) is 18.0 Å². The highest BCUT2D eigenvalue weighted by Gasteiger charge is 2.15. The molecule has 3 nitrogen and oxygen atoms in total. The van der Waals surface area contributed by atoms with Gasteiger partial charge in [-0.15, -0.1) is 11.6 Å². The van der Waals surface area contributed by atoms with Gasteiger partial charge in [0.05, 0.1) is 10.6 Å². The summed E-state index contributed by atoms with van der Waals surface area (Å²) in [4.78, 5) is 17.2. The summed E-state index contributed by atoms with van der Waals surface area (Å²) in [5, 5.41) is 0.274. The molecule has 1 amide bonds. The number of carbonyl (C=O) groups excluding carboxylic acids is 1. The van der Waals surface area contributed by atoms with E-state index in [-0.39, 0.29) is 11.3 Å². The lowest BCUT2D eigenvalue weighted by molar-refractivity contribution is 0.0796. The molecule has 0 aliphatic rings. The van der Waals surface area contributed by atoms with Crippen molar-refractivity contribution in [1.82, 2.24) is 9.88 Å². The van der Waals surface area contributed by atoms with Crippen LogP contribution in [0.25, 0.3) is 0 Å². The minimum atomic E-state index is -0.144. The van der Waals surface area contributed by atoms with Crippen molar-refractivity contribution in [2.45, 2.75) is 12.3 Å². The number of hydrogen-bond acceptors (Lipinski definition) is 2. The second-order valence-electron chi connectivity index (χ2n) is 3.32. The minimum Gasteiger partial charge on any atom is -0.340 e. The van der Waals surface area contributed by atoms with Crippen LogP contribution in [-0.2, 0) is 0 Å². The van der Waals surface area contributed by atoms with Crippen molar-refractivity contribution in [1.29, 1.82) is 0 Å².